The highest BCUT2D eigenvalue weighted by atomic mass is 16.6. The molecule has 7 rings (SSSR count). The number of nitrogen functional groups attached to an aromatic ring is 1. The summed E-state index contributed by atoms with van der Waals surface area (Å²) in [5.74, 6) is 1.99. The van der Waals surface area contributed by atoms with Crippen molar-refractivity contribution in [3.8, 4) is 0 Å². The van der Waals surface area contributed by atoms with Gasteiger partial charge in [0.1, 0.15) is 36.0 Å². The van der Waals surface area contributed by atoms with Crippen LogP contribution in [0.3, 0.4) is 0 Å². The summed E-state index contributed by atoms with van der Waals surface area (Å²) in [7, 11) is 2.07. The van der Waals surface area contributed by atoms with E-state index in [1.807, 2.05) is 0 Å². The molecule has 11 nitrogen and oxygen atoms in total. The number of nitrogens with one attached hydrogen (secondary N) is 1. The number of fused-ring (bicyclic) bond motifs is 2. The minimum absolute atomic E-state index is 0.264. The van der Waals surface area contributed by atoms with Gasteiger partial charge in [0, 0.05) is 19.0 Å². The SMILES string of the molecule is CN(C[C@H]1O[C@@H](n2cnc3c(N)ncnc32)[C@H](O)[C@@H]1O)C1CC(CCc2nc3cc(C4(C)CCC4)ccc3[nH]2)C1. The second-order valence-electron chi connectivity index (χ2n) is 12.4. The van der Waals surface area contributed by atoms with Crippen LogP contribution in [-0.2, 0) is 16.6 Å². The van der Waals surface area contributed by atoms with Gasteiger partial charge in [-0.15, -0.1) is 0 Å². The van der Waals surface area contributed by atoms with Gasteiger partial charge in [-0.05, 0) is 68.2 Å². The number of likely N-dealkylation sites (N-methyl/N-ethyl adjacent to an activating group) is 1. The van der Waals surface area contributed by atoms with E-state index in [-0.39, 0.29) is 5.82 Å². The molecule has 1 saturated heterocycles. The fraction of sp³-hybridized carbons (Fsp3) is 0.586. The van der Waals surface area contributed by atoms with Crippen molar-refractivity contribution in [1.29, 1.82) is 0 Å². The monoisotopic (exact) mass is 546 g/mol. The summed E-state index contributed by atoms with van der Waals surface area (Å²) in [6.07, 6.45) is 7.58. The first-order valence-corrected chi connectivity index (χ1v) is 14.4. The molecule has 3 aromatic heterocycles. The van der Waals surface area contributed by atoms with E-state index in [0.29, 0.717) is 35.1 Å². The number of aliphatic hydroxyl groups excluding tert-OH is 2. The van der Waals surface area contributed by atoms with E-state index in [0.717, 1.165) is 42.5 Å². The first-order valence-electron chi connectivity index (χ1n) is 14.4. The number of imidazole rings is 2. The first kappa shape index (κ1) is 25.8. The number of nitrogens with two attached hydrogens (primary N) is 1. The summed E-state index contributed by atoms with van der Waals surface area (Å²) < 4.78 is 7.75. The lowest BCUT2D eigenvalue weighted by molar-refractivity contribution is -0.0514. The predicted molar refractivity (Wildman–Crippen MR) is 150 cm³/mol. The summed E-state index contributed by atoms with van der Waals surface area (Å²) >= 11 is 0. The molecule has 40 heavy (non-hydrogen) atoms. The van der Waals surface area contributed by atoms with Crippen LogP contribution in [0, 0.1) is 5.92 Å². The lowest BCUT2D eigenvalue weighted by Gasteiger charge is -2.42. The van der Waals surface area contributed by atoms with Crippen LogP contribution in [0.2, 0.25) is 0 Å². The van der Waals surface area contributed by atoms with Crippen molar-refractivity contribution < 1.29 is 14.9 Å². The molecule has 4 heterocycles. The van der Waals surface area contributed by atoms with Gasteiger partial charge in [0.05, 0.1) is 17.4 Å². The Labute approximate surface area is 232 Å². The molecular formula is C29H38N8O3. The lowest BCUT2D eigenvalue weighted by Crippen LogP contribution is -2.47. The second kappa shape index (κ2) is 9.76. The number of hydrogen-bond donors (Lipinski definition) is 4. The molecule has 212 valence electrons. The minimum atomic E-state index is -1.10. The topological polar surface area (TPSA) is 151 Å². The molecular weight excluding hydrogens is 508 g/mol. The number of anilines is 1. The number of nitrogens with zero attached hydrogens (tertiary/aromatic N) is 6. The normalized spacial score (nSPS) is 29.7. The largest absolute Gasteiger partial charge is 0.387 e. The number of aryl methyl sites for hydroxylation is 1. The van der Waals surface area contributed by atoms with E-state index in [1.165, 1.54) is 37.5 Å². The van der Waals surface area contributed by atoms with Crippen LogP contribution in [0.5, 0.6) is 0 Å². The van der Waals surface area contributed by atoms with Crippen LogP contribution in [-0.4, -0.2) is 82.5 Å². The van der Waals surface area contributed by atoms with E-state index in [1.54, 1.807) is 4.57 Å². The molecule has 3 aliphatic rings. The smallest absolute Gasteiger partial charge is 0.167 e. The van der Waals surface area contributed by atoms with Gasteiger partial charge in [-0.1, -0.05) is 19.4 Å². The second-order valence-corrected chi connectivity index (χ2v) is 12.4. The van der Waals surface area contributed by atoms with Crippen LogP contribution in [0.25, 0.3) is 22.2 Å². The Morgan fingerprint density at radius 1 is 1.18 bits per heavy atom. The number of ether oxygens (including phenoxy) is 1. The van der Waals surface area contributed by atoms with Crippen LogP contribution >= 0.6 is 0 Å². The molecule has 0 radical (unpaired) electrons. The third-order valence-electron chi connectivity index (χ3n) is 9.78. The van der Waals surface area contributed by atoms with Crippen molar-refractivity contribution >= 4 is 28.0 Å². The molecule has 0 bridgehead atoms. The Morgan fingerprint density at radius 3 is 2.77 bits per heavy atom. The van der Waals surface area contributed by atoms with Crippen molar-refractivity contribution in [2.75, 3.05) is 19.3 Å². The molecule has 4 atom stereocenters. The van der Waals surface area contributed by atoms with Crippen molar-refractivity contribution in [3.63, 3.8) is 0 Å². The predicted octanol–water partition coefficient (Wildman–Crippen LogP) is 2.69. The van der Waals surface area contributed by atoms with Crippen LogP contribution in [0.1, 0.15) is 63.1 Å². The zero-order valence-corrected chi connectivity index (χ0v) is 23.1. The van der Waals surface area contributed by atoms with E-state index < -0.39 is 24.5 Å². The highest BCUT2D eigenvalue weighted by Gasteiger charge is 2.45. The van der Waals surface area contributed by atoms with Gasteiger partial charge in [-0.3, -0.25) is 4.57 Å². The number of aliphatic hydroxyl groups is 2. The standard InChI is InChI=1S/C29H38N8O3/c1-29(8-3-9-29)17-5-6-19-20(12-17)35-22(34-19)7-4-16-10-18(11-16)36(2)13-21-24(38)25(39)28(40-21)37-15-33-23-26(30)31-14-32-27(23)37/h5-6,12,14-16,18,21,24-25,28,38-39H,3-4,7-11,13H2,1-2H3,(H,34,35)(H2,30,31,32)/t16?,18?,21-,24-,25-,28-/m1/s1. The molecule has 1 aromatic carbocycles. The number of benzene rings is 1. The molecule has 11 heteroatoms. The average Bonchev–Trinajstić information content (AvgIpc) is 3.58. The van der Waals surface area contributed by atoms with Gasteiger partial charge in [-0.2, -0.15) is 0 Å². The average molecular weight is 547 g/mol. The van der Waals surface area contributed by atoms with Crippen LogP contribution in [0.4, 0.5) is 5.82 Å². The molecule has 0 amide bonds. The van der Waals surface area contributed by atoms with Crippen molar-refractivity contribution in [1.82, 2.24) is 34.4 Å². The van der Waals surface area contributed by atoms with Crippen molar-refractivity contribution in [2.24, 2.45) is 5.92 Å². The summed E-state index contributed by atoms with van der Waals surface area (Å²) in [6, 6.07) is 7.17. The number of aromatic amines is 1. The maximum atomic E-state index is 10.8. The van der Waals surface area contributed by atoms with E-state index in [2.05, 4.69) is 57.0 Å². The number of H-pyrrole nitrogens is 1. The Hall–Kier alpha value is -3.12. The molecule has 3 fully saturated rings. The molecule has 5 N–H and O–H groups in total. The van der Waals surface area contributed by atoms with E-state index >= 15 is 0 Å². The summed E-state index contributed by atoms with van der Waals surface area (Å²) in [5.41, 5.74) is 10.8. The number of hydrogen-bond acceptors (Lipinski definition) is 9. The number of aromatic nitrogens is 6. The maximum Gasteiger partial charge on any atom is 0.167 e. The van der Waals surface area contributed by atoms with Gasteiger partial charge in [0.25, 0.3) is 0 Å². The molecule has 0 unspecified atom stereocenters. The zero-order valence-electron chi connectivity index (χ0n) is 23.1. The summed E-state index contributed by atoms with van der Waals surface area (Å²) in [6.45, 7) is 2.89. The fourth-order valence-electron chi connectivity index (χ4n) is 6.78. The Morgan fingerprint density at radius 2 is 2.00 bits per heavy atom. The van der Waals surface area contributed by atoms with E-state index in [4.69, 9.17) is 15.5 Å². The highest BCUT2D eigenvalue weighted by molar-refractivity contribution is 5.81. The van der Waals surface area contributed by atoms with Crippen molar-refractivity contribution in [2.45, 2.75) is 87.9 Å². The van der Waals surface area contributed by atoms with Gasteiger partial charge >= 0.3 is 0 Å². The lowest BCUT2D eigenvalue weighted by atomic mass is 9.66. The van der Waals surface area contributed by atoms with Gasteiger partial charge in [0.15, 0.2) is 17.7 Å². The highest BCUT2D eigenvalue weighted by Crippen LogP contribution is 2.43. The quantitative estimate of drug-likeness (QED) is 0.261. The Bertz CT molecular complexity index is 1520. The molecule has 0 spiro atoms. The Balaban J connectivity index is 0.917. The third kappa shape index (κ3) is 4.36. The zero-order chi connectivity index (χ0) is 27.6. The maximum absolute atomic E-state index is 10.8. The molecule has 2 aliphatic carbocycles. The minimum Gasteiger partial charge on any atom is -0.387 e. The van der Waals surface area contributed by atoms with Crippen LogP contribution in [0.15, 0.2) is 30.9 Å². The van der Waals surface area contributed by atoms with Gasteiger partial charge in [0.2, 0.25) is 0 Å². The summed E-state index contributed by atoms with van der Waals surface area (Å²) in [4.78, 5) is 23.1. The summed E-state index contributed by atoms with van der Waals surface area (Å²) in [5, 5.41) is 21.5. The molecule has 4 aromatic rings. The van der Waals surface area contributed by atoms with Gasteiger partial charge < -0.3 is 30.6 Å². The van der Waals surface area contributed by atoms with E-state index in [9.17, 15) is 10.2 Å². The first-order chi connectivity index (χ1) is 19.3. The van der Waals surface area contributed by atoms with Crippen molar-refractivity contribution in [3.05, 3.63) is 42.2 Å². The molecule has 2 saturated carbocycles. The Kier molecular flexibility index (Phi) is 6.30. The third-order valence-corrected chi connectivity index (χ3v) is 9.78. The van der Waals surface area contributed by atoms with Crippen LogP contribution < -0.4 is 5.73 Å². The number of rotatable bonds is 8. The molecule has 1 aliphatic heterocycles. The van der Waals surface area contributed by atoms with Gasteiger partial charge in [-0.25, -0.2) is 19.9 Å². The fourth-order valence-corrected chi connectivity index (χ4v) is 6.78.